The molecule has 1 aliphatic carbocycles. The number of halogens is 1. The van der Waals surface area contributed by atoms with Gasteiger partial charge in [-0.15, -0.1) is 11.3 Å². The second-order valence-corrected chi connectivity index (χ2v) is 7.55. The third-order valence-corrected chi connectivity index (χ3v) is 5.62. The molecule has 1 aliphatic rings. The van der Waals surface area contributed by atoms with E-state index in [1.165, 1.54) is 22.3 Å². The molecule has 3 N–H and O–H groups in total. The zero-order chi connectivity index (χ0) is 17.8. The van der Waals surface area contributed by atoms with Gasteiger partial charge >= 0.3 is 0 Å². The fourth-order valence-corrected chi connectivity index (χ4v) is 4.52. The predicted octanol–water partition coefficient (Wildman–Crippen LogP) is 4.42. The lowest BCUT2D eigenvalue weighted by Crippen LogP contribution is -2.16. The molecule has 1 heterocycles. The van der Waals surface area contributed by atoms with Crippen molar-refractivity contribution in [3.8, 4) is 0 Å². The van der Waals surface area contributed by atoms with Crippen molar-refractivity contribution >= 4 is 45.8 Å². The Hall–Kier alpha value is -2.11. The number of aryl methyl sites for hydroxylation is 1. The van der Waals surface area contributed by atoms with Crippen molar-refractivity contribution < 1.29 is 9.59 Å². The summed E-state index contributed by atoms with van der Waals surface area (Å²) in [5.41, 5.74) is 7.90. The van der Waals surface area contributed by atoms with Crippen molar-refractivity contribution in [1.29, 1.82) is 0 Å². The Morgan fingerprint density at radius 1 is 1.20 bits per heavy atom. The summed E-state index contributed by atoms with van der Waals surface area (Å²) in [6.07, 6.45) is 8.21. The molecule has 1 aromatic carbocycles. The minimum absolute atomic E-state index is 0.293. The van der Waals surface area contributed by atoms with Crippen LogP contribution in [0.5, 0.6) is 0 Å². The van der Waals surface area contributed by atoms with E-state index in [9.17, 15) is 9.59 Å². The van der Waals surface area contributed by atoms with Gasteiger partial charge in [-0.1, -0.05) is 30.2 Å². The first-order chi connectivity index (χ1) is 12.0. The van der Waals surface area contributed by atoms with E-state index in [1.807, 2.05) is 12.1 Å². The van der Waals surface area contributed by atoms with Crippen LogP contribution in [0.2, 0.25) is 5.02 Å². The van der Waals surface area contributed by atoms with Crippen LogP contribution in [0.1, 0.15) is 45.6 Å². The van der Waals surface area contributed by atoms with Gasteiger partial charge in [0.25, 0.3) is 5.91 Å². The first-order valence-corrected chi connectivity index (χ1v) is 9.43. The normalized spacial score (nSPS) is 14.1. The van der Waals surface area contributed by atoms with Gasteiger partial charge in [-0.3, -0.25) is 9.59 Å². The van der Waals surface area contributed by atoms with Crippen molar-refractivity contribution in [1.82, 2.24) is 0 Å². The molecule has 0 saturated carbocycles. The smallest absolute Gasteiger partial charge is 0.251 e. The van der Waals surface area contributed by atoms with Gasteiger partial charge in [0.05, 0.1) is 5.56 Å². The Balaban J connectivity index is 1.80. The van der Waals surface area contributed by atoms with Crippen LogP contribution < -0.4 is 11.1 Å². The van der Waals surface area contributed by atoms with Gasteiger partial charge in [0, 0.05) is 16.0 Å². The number of rotatable bonds is 4. The largest absolute Gasteiger partial charge is 0.365 e. The molecule has 2 aromatic rings. The number of nitrogens with two attached hydrogens (primary N) is 1. The fraction of sp³-hybridized carbons (Fsp3) is 0.263. The van der Waals surface area contributed by atoms with Crippen LogP contribution in [0.25, 0.3) is 6.08 Å². The van der Waals surface area contributed by atoms with Gasteiger partial charge in [-0.25, -0.2) is 0 Å². The highest BCUT2D eigenvalue weighted by atomic mass is 35.5. The maximum Gasteiger partial charge on any atom is 0.251 e. The SMILES string of the molecule is NC(=O)c1c(NC(=O)C=Cc2cccc(Cl)c2)sc2c1CCCCC2. The van der Waals surface area contributed by atoms with E-state index in [-0.39, 0.29) is 5.91 Å². The van der Waals surface area contributed by atoms with Crippen molar-refractivity contribution in [3.63, 3.8) is 0 Å². The molecule has 2 amide bonds. The Morgan fingerprint density at radius 2 is 2.00 bits per heavy atom. The van der Waals surface area contributed by atoms with Crippen LogP contribution in [0.3, 0.4) is 0 Å². The van der Waals surface area contributed by atoms with Crippen LogP contribution in [0.4, 0.5) is 5.00 Å². The molecule has 25 heavy (non-hydrogen) atoms. The van der Waals surface area contributed by atoms with Crippen LogP contribution >= 0.6 is 22.9 Å². The lowest BCUT2D eigenvalue weighted by atomic mass is 10.1. The fourth-order valence-electron chi connectivity index (χ4n) is 3.03. The first-order valence-electron chi connectivity index (χ1n) is 8.23. The summed E-state index contributed by atoms with van der Waals surface area (Å²) < 4.78 is 0. The molecule has 0 atom stereocenters. The standard InChI is InChI=1S/C19H19ClN2O2S/c20-13-6-4-5-12(11-13)9-10-16(23)22-19-17(18(21)24)14-7-2-1-3-8-15(14)25-19/h4-6,9-11H,1-3,7-8H2,(H2,21,24)(H,22,23). The molecule has 1 aromatic heterocycles. The monoisotopic (exact) mass is 374 g/mol. The number of anilines is 1. The van der Waals surface area contributed by atoms with Crippen molar-refractivity contribution in [2.24, 2.45) is 5.73 Å². The predicted molar refractivity (Wildman–Crippen MR) is 103 cm³/mol. The Kier molecular flexibility index (Phi) is 5.56. The van der Waals surface area contributed by atoms with Gasteiger partial charge in [0.1, 0.15) is 5.00 Å². The lowest BCUT2D eigenvalue weighted by Gasteiger charge is -2.04. The number of benzene rings is 1. The topological polar surface area (TPSA) is 72.2 Å². The molecule has 130 valence electrons. The number of thiophene rings is 1. The summed E-state index contributed by atoms with van der Waals surface area (Å²) in [4.78, 5) is 25.3. The summed E-state index contributed by atoms with van der Waals surface area (Å²) >= 11 is 7.40. The summed E-state index contributed by atoms with van der Waals surface area (Å²) in [5.74, 6) is -0.771. The summed E-state index contributed by atoms with van der Waals surface area (Å²) in [7, 11) is 0. The minimum Gasteiger partial charge on any atom is -0.365 e. The number of primary amides is 1. The zero-order valence-corrected chi connectivity index (χ0v) is 15.3. The summed E-state index contributed by atoms with van der Waals surface area (Å²) in [5, 5.41) is 3.98. The highest BCUT2D eigenvalue weighted by molar-refractivity contribution is 7.17. The second kappa shape index (κ2) is 7.85. The average Bonchev–Trinajstić information content (AvgIpc) is 2.74. The third kappa shape index (κ3) is 4.30. The lowest BCUT2D eigenvalue weighted by molar-refractivity contribution is -0.111. The van der Waals surface area contributed by atoms with Crippen molar-refractivity contribution in [2.75, 3.05) is 5.32 Å². The van der Waals surface area contributed by atoms with E-state index in [0.717, 1.165) is 43.2 Å². The van der Waals surface area contributed by atoms with Gasteiger partial charge in [0.15, 0.2) is 0 Å². The van der Waals surface area contributed by atoms with Crippen LogP contribution in [0.15, 0.2) is 30.3 Å². The van der Waals surface area contributed by atoms with Gasteiger partial charge < -0.3 is 11.1 Å². The quantitative estimate of drug-likeness (QED) is 0.614. The molecule has 0 bridgehead atoms. The Labute approximate surface area is 155 Å². The number of fused-ring (bicyclic) bond motifs is 1. The molecule has 6 heteroatoms. The van der Waals surface area contributed by atoms with E-state index in [0.29, 0.717) is 15.6 Å². The number of amides is 2. The summed E-state index contributed by atoms with van der Waals surface area (Å²) in [6, 6.07) is 7.23. The highest BCUT2D eigenvalue weighted by Gasteiger charge is 2.23. The van der Waals surface area contributed by atoms with Crippen molar-refractivity contribution in [3.05, 3.63) is 56.9 Å². The molecule has 3 rings (SSSR count). The van der Waals surface area contributed by atoms with Crippen LogP contribution in [-0.4, -0.2) is 11.8 Å². The third-order valence-electron chi connectivity index (χ3n) is 4.18. The number of carbonyl (C=O) groups excluding carboxylic acids is 2. The zero-order valence-electron chi connectivity index (χ0n) is 13.7. The molecule has 0 saturated heterocycles. The maximum absolute atomic E-state index is 12.2. The minimum atomic E-state index is -0.478. The van der Waals surface area contributed by atoms with E-state index in [2.05, 4.69) is 5.32 Å². The van der Waals surface area contributed by atoms with E-state index in [1.54, 1.807) is 18.2 Å². The molecule has 0 aliphatic heterocycles. The number of carbonyl (C=O) groups is 2. The van der Waals surface area contributed by atoms with Gasteiger partial charge in [-0.2, -0.15) is 0 Å². The molecule has 4 nitrogen and oxygen atoms in total. The number of nitrogens with one attached hydrogen (secondary N) is 1. The second-order valence-electron chi connectivity index (χ2n) is 6.01. The molecule has 0 fully saturated rings. The first kappa shape index (κ1) is 17.7. The number of hydrogen-bond acceptors (Lipinski definition) is 3. The van der Waals surface area contributed by atoms with Gasteiger partial charge in [0.2, 0.25) is 5.91 Å². The molecule has 0 unspecified atom stereocenters. The van der Waals surface area contributed by atoms with Crippen LogP contribution in [-0.2, 0) is 17.6 Å². The van der Waals surface area contributed by atoms with Crippen LogP contribution in [0, 0.1) is 0 Å². The van der Waals surface area contributed by atoms with E-state index in [4.69, 9.17) is 17.3 Å². The molecule has 0 spiro atoms. The van der Waals surface area contributed by atoms with E-state index >= 15 is 0 Å². The molecular weight excluding hydrogens is 356 g/mol. The molecule has 0 radical (unpaired) electrons. The average molecular weight is 375 g/mol. The highest BCUT2D eigenvalue weighted by Crippen LogP contribution is 2.37. The molecular formula is C19H19ClN2O2S. The van der Waals surface area contributed by atoms with Crippen molar-refractivity contribution in [2.45, 2.75) is 32.1 Å². The Bertz CT molecular complexity index is 842. The van der Waals surface area contributed by atoms with E-state index < -0.39 is 5.91 Å². The summed E-state index contributed by atoms with van der Waals surface area (Å²) in [6.45, 7) is 0. The number of hydrogen-bond donors (Lipinski definition) is 2. The van der Waals surface area contributed by atoms with Gasteiger partial charge in [-0.05, 0) is 55.0 Å². The Morgan fingerprint density at radius 3 is 2.76 bits per heavy atom. The maximum atomic E-state index is 12.2.